The number of allylic oxidation sites excluding steroid dienone is 2. The minimum atomic E-state index is 0.0331. The number of amides is 1. The van der Waals surface area contributed by atoms with E-state index in [1.54, 1.807) is 7.11 Å². The van der Waals surface area contributed by atoms with Gasteiger partial charge in [0.15, 0.2) is 0 Å². The van der Waals surface area contributed by atoms with Gasteiger partial charge in [-0.25, -0.2) is 0 Å². The van der Waals surface area contributed by atoms with Gasteiger partial charge in [0, 0.05) is 55.2 Å². The van der Waals surface area contributed by atoms with Crippen LogP contribution < -0.4 is 5.32 Å². The van der Waals surface area contributed by atoms with Gasteiger partial charge in [0.25, 0.3) is 5.91 Å². The van der Waals surface area contributed by atoms with Gasteiger partial charge in [-0.1, -0.05) is 30.4 Å². The zero-order valence-electron chi connectivity index (χ0n) is 20.2. The molecule has 1 amide bonds. The van der Waals surface area contributed by atoms with E-state index in [9.17, 15) is 4.79 Å². The first-order valence-corrected chi connectivity index (χ1v) is 11.8. The molecular weight excluding hydrogens is 398 g/mol. The number of hydrogen-bond donors (Lipinski definition) is 1. The predicted molar refractivity (Wildman–Crippen MR) is 129 cm³/mol. The number of piperidine rings is 1. The Labute approximate surface area is 192 Å². The molecule has 5 atom stereocenters. The van der Waals surface area contributed by atoms with Crippen molar-refractivity contribution in [2.45, 2.75) is 51.9 Å². The molecule has 1 saturated heterocycles. The van der Waals surface area contributed by atoms with Gasteiger partial charge < -0.3 is 19.9 Å². The van der Waals surface area contributed by atoms with Crippen LogP contribution in [0.3, 0.4) is 0 Å². The normalized spacial score (nSPS) is 28.9. The highest BCUT2D eigenvalue weighted by Crippen LogP contribution is 2.45. The van der Waals surface area contributed by atoms with Crippen molar-refractivity contribution in [1.82, 2.24) is 15.1 Å². The zero-order chi connectivity index (χ0) is 23.0. The van der Waals surface area contributed by atoms with E-state index in [-0.39, 0.29) is 36.0 Å². The summed E-state index contributed by atoms with van der Waals surface area (Å²) in [5, 5.41) is 3.91. The quantitative estimate of drug-likeness (QED) is 0.746. The van der Waals surface area contributed by atoms with E-state index in [1.165, 1.54) is 0 Å². The van der Waals surface area contributed by atoms with E-state index in [0.29, 0.717) is 11.8 Å². The highest BCUT2D eigenvalue weighted by atomic mass is 16.5. The van der Waals surface area contributed by atoms with Crippen molar-refractivity contribution in [3.05, 3.63) is 71.7 Å². The number of fused-ring (bicyclic) bond motifs is 3. The van der Waals surface area contributed by atoms with Gasteiger partial charge in [0.05, 0.1) is 7.11 Å². The predicted octanol–water partition coefficient (Wildman–Crippen LogP) is 4.37. The molecule has 2 heterocycles. The first kappa shape index (κ1) is 22.7. The lowest BCUT2D eigenvalue weighted by atomic mass is 9.66. The number of nitrogens with zero attached hydrogens (tertiary/aromatic N) is 2. The summed E-state index contributed by atoms with van der Waals surface area (Å²) in [7, 11) is 3.86. The maximum atomic E-state index is 13.7. The third kappa shape index (κ3) is 4.11. The minimum absolute atomic E-state index is 0.0331. The number of ether oxygens (including phenoxy) is 1. The number of nitrogens with one attached hydrogen (secondary N) is 1. The van der Waals surface area contributed by atoms with Gasteiger partial charge in [-0.2, -0.15) is 0 Å². The number of rotatable bonds is 5. The fourth-order valence-corrected chi connectivity index (χ4v) is 5.79. The number of methoxy groups -OCH3 is 1. The number of benzene rings is 1. The molecule has 1 N–H and O–H groups in total. The van der Waals surface area contributed by atoms with Gasteiger partial charge >= 0.3 is 0 Å². The Morgan fingerprint density at radius 2 is 1.84 bits per heavy atom. The van der Waals surface area contributed by atoms with Gasteiger partial charge in [-0.05, 0) is 63.6 Å². The Bertz CT molecular complexity index is 925. The lowest BCUT2D eigenvalue weighted by Gasteiger charge is -2.50. The molecule has 5 nitrogen and oxygen atoms in total. The second kappa shape index (κ2) is 9.14. The average Bonchev–Trinajstić information content (AvgIpc) is 2.77. The summed E-state index contributed by atoms with van der Waals surface area (Å²) in [5.74, 6) is 2.07. The van der Waals surface area contributed by atoms with Crippen molar-refractivity contribution < 1.29 is 9.53 Å². The second-order valence-electron chi connectivity index (χ2n) is 9.89. The van der Waals surface area contributed by atoms with Crippen molar-refractivity contribution in [3.63, 3.8) is 0 Å². The molecule has 1 aliphatic carbocycles. The summed E-state index contributed by atoms with van der Waals surface area (Å²) in [6.07, 6.45) is 11.1. The van der Waals surface area contributed by atoms with Crippen LogP contribution in [0.1, 0.15) is 49.7 Å². The van der Waals surface area contributed by atoms with Crippen molar-refractivity contribution >= 4 is 5.91 Å². The summed E-state index contributed by atoms with van der Waals surface area (Å²) < 4.78 is 5.61. The molecule has 5 heteroatoms. The molecule has 1 fully saturated rings. The van der Waals surface area contributed by atoms with Crippen LogP contribution in [0.15, 0.2) is 60.5 Å². The van der Waals surface area contributed by atoms with E-state index in [4.69, 9.17) is 4.74 Å². The van der Waals surface area contributed by atoms with E-state index < -0.39 is 0 Å². The average molecular weight is 436 g/mol. The first-order chi connectivity index (χ1) is 15.3. The SMILES string of the molecule is COC1=CC2C(c3ccccc3C(=O)N(C(C)C)C(C)C)NC3C=CN(C)CC3C2C=C1. The zero-order valence-corrected chi connectivity index (χ0v) is 20.2. The molecule has 5 unspecified atom stereocenters. The van der Waals surface area contributed by atoms with Crippen molar-refractivity contribution in [1.29, 1.82) is 0 Å². The van der Waals surface area contributed by atoms with Crippen LogP contribution >= 0.6 is 0 Å². The second-order valence-corrected chi connectivity index (χ2v) is 9.89. The van der Waals surface area contributed by atoms with Gasteiger partial charge in [0.1, 0.15) is 5.76 Å². The smallest absolute Gasteiger partial charge is 0.254 e. The monoisotopic (exact) mass is 435 g/mol. The minimum Gasteiger partial charge on any atom is -0.497 e. The summed E-state index contributed by atoms with van der Waals surface area (Å²) in [4.78, 5) is 18.0. The number of carbonyl (C=O) groups excluding carboxylic acids is 1. The molecule has 0 aromatic heterocycles. The van der Waals surface area contributed by atoms with Gasteiger partial charge in [0.2, 0.25) is 0 Å². The molecule has 2 aliphatic heterocycles. The van der Waals surface area contributed by atoms with Crippen LogP contribution in [0.25, 0.3) is 0 Å². The molecule has 0 bridgehead atoms. The van der Waals surface area contributed by atoms with Crippen molar-refractivity contribution in [2.24, 2.45) is 17.8 Å². The van der Waals surface area contributed by atoms with Gasteiger partial charge in [-0.15, -0.1) is 0 Å². The molecule has 32 heavy (non-hydrogen) atoms. The summed E-state index contributed by atoms with van der Waals surface area (Å²) in [6, 6.07) is 8.72. The van der Waals surface area contributed by atoms with E-state index in [2.05, 4.69) is 81.5 Å². The number of carbonyl (C=O) groups is 1. The highest BCUT2D eigenvalue weighted by molar-refractivity contribution is 5.96. The Morgan fingerprint density at radius 1 is 1.12 bits per heavy atom. The molecule has 0 radical (unpaired) electrons. The molecule has 1 aromatic rings. The Morgan fingerprint density at radius 3 is 2.53 bits per heavy atom. The fraction of sp³-hybridized carbons (Fsp3) is 0.519. The van der Waals surface area contributed by atoms with Crippen LogP contribution in [-0.4, -0.2) is 54.5 Å². The van der Waals surface area contributed by atoms with Gasteiger partial charge in [-0.3, -0.25) is 4.79 Å². The van der Waals surface area contributed by atoms with Crippen LogP contribution in [0.4, 0.5) is 0 Å². The standard InChI is InChI=1S/C27H37N3O2/c1-17(2)30(18(3)4)27(31)22-10-8-7-9-21(22)26-23-15-19(32-6)11-12-20(23)24-16-29(5)14-13-25(24)28-26/h7-15,17-18,20,23-26,28H,16H2,1-6H3. The third-order valence-electron chi connectivity index (χ3n) is 7.15. The molecule has 172 valence electrons. The molecule has 0 saturated carbocycles. The van der Waals surface area contributed by atoms with Crippen LogP contribution in [0.2, 0.25) is 0 Å². The summed E-state index contributed by atoms with van der Waals surface area (Å²) in [6.45, 7) is 9.36. The molecular formula is C27H37N3O2. The maximum absolute atomic E-state index is 13.7. The van der Waals surface area contributed by atoms with Crippen LogP contribution in [-0.2, 0) is 4.74 Å². The molecule has 1 aromatic carbocycles. The van der Waals surface area contributed by atoms with E-state index >= 15 is 0 Å². The fourth-order valence-electron chi connectivity index (χ4n) is 5.79. The van der Waals surface area contributed by atoms with Crippen LogP contribution in [0.5, 0.6) is 0 Å². The Kier molecular flexibility index (Phi) is 6.47. The topological polar surface area (TPSA) is 44.8 Å². The van der Waals surface area contributed by atoms with E-state index in [0.717, 1.165) is 23.4 Å². The number of hydrogen-bond acceptors (Lipinski definition) is 4. The molecule has 4 rings (SSSR count). The summed E-state index contributed by atoms with van der Waals surface area (Å²) >= 11 is 0. The Hall–Kier alpha value is -2.53. The van der Waals surface area contributed by atoms with Crippen LogP contribution in [0, 0.1) is 17.8 Å². The summed E-state index contributed by atoms with van der Waals surface area (Å²) in [5.41, 5.74) is 1.87. The van der Waals surface area contributed by atoms with Crippen molar-refractivity contribution in [3.8, 4) is 0 Å². The van der Waals surface area contributed by atoms with E-state index in [1.807, 2.05) is 23.1 Å². The third-order valence-corrected chi connectivity index (χ3v) is 7.15. The first-order valence-electron chi connectivity index (χ1n) is 11.8. The lowest BCUT2D eigenvalue weighted by molar-refractivity contribution is 0.0637. The maximum Gasteiger partial charge on any atom is 0.254 e. The lowest BCUT2D eigenvalue weighted by Crippen LogP contribution is -2.56. The Balaban J connectivity index is 1.77. The largest absolute Gasteiger partial charge is 0.497 e. The molecule has 3 aliphatic rings. The molecule has 0 spiro atoms. The highest BCUT2D eigenvalue weighted by Gasteiger charge is 2.45. The van der Waals surface area contributed by atoms with Crippen molar-refractivity contribution in [2.75, 3.05) is 20.7 Å².